The number of fused-ring (bicyclic) bond motifs is 1. The highest BCUT2D eigenvalue weighted by molar-refractivity contribution is 6.33. The lowest BCUT2D eigenvalue weighted by atomic mass is 10.0. The fourth-order valence-corrected chi connectivity index (χ4v) is 4.17. The standard InChI is InChI=1S/C24H12Cl3F3N4/c25-15-8-5-13(6-9-15)21-22(16-3-1-2-4-17(16)26)33-34-18(11-20(27)32-23(21)34)14-7-10-19(31-12-14)24(28,29)30/h1-12H. The predicted octanol–water partition coefficient (Wildman–Crippen LogP) is 8.10. The van der Waals surface area contributed by atoms with Crippen molar-refractivity contribution in [3.63, 3.8) is 0 Å². The maximum Gasteiger partial charge on any atom is 0.433 e. The van der Waals surface area contributed by atoms with E-state index >= 15 is 0 Å². The number of benzene rings is 2. The van der Waals surface area contributed by atoms with Crippen LogP contribution >= 0.6 is 34.8 Å². The second kappa shape index (κ2) is 8.58. The molecule has 0 radical (unpaired) electrons. The molecule has 3 aromatic heterocycles. The van der Waals surface area contributed by atoms with E-state index in [1.807, 2.05) is 24.3 Å². The highest BCUT2D eigenvalue weighted by Gasteiger charge is 2.32. The lowest BCUT2D eigenvalue weighted by molar-refractivity contribution is -0.141. The molecule has 10 heteroatoms. The maximum atomic E-state index is 13.0. The van der Waals surface area contributed by atoms with Crippen LogP contribution in [0.4, 0.5) is 13.2 Å². The van der Waals surface area contributed by atoms with Gasteiger partial charge < -0.3 is 0 Å². The Hall–Kier alpha value is -3.13. The van der Waals surface area contributed by atoms with Crippen molar-refractivity contribution in [1.82, 2.24) is 19.6 Å². The lowest BCUT2D eigenvalue weighted by Gasteiger charge is -2.09. The van der Waals surface area contributed by atoms with Gasteiger partial charge in [0.1, 0.15) is 16.5 Å². The lowest BCUT2D eigenvalue weighted by Crippen LogP contribution is -2.07. The molecule has 5 rings (SSSR count). The van der Waals surface area contributed by atoms with Gasteiger partial charge in [-0.1, -0.05) is 65.1 Å². The third-order valence-corrected chi connectivity index (χ3v) is 5.94. The number of hydrogen-bond donors (Lipinski definition) is 0. The average molecular weight is 520 g/mol. The summed E-state index contributed by atoms with van der Waals surface area (Å²) in [7, 11) is 0. The van der Waals surface area contributed by atoms with Crippen LogP contribution in [0, 0.1) is 0 Å². The first-order valence-electron chi connectivity index (χ1n) is 9.86. The molecule has 3 heterocycles. The molecule has 0 aliphatic carbocycles. The zero-order valence-electron chi connectivity index (χ0n) is 17.0. The highest BCUT2D eigenvalue weighted by Crippen LogP contribution is 2.40. The van der Waals surface area contributed by atoms with Crippen LogP contribution in [0.2, 0.25) is 15.2 Å². The van der Waals surface area contributed by atoms with Gasteiger partial charge >= 0.3 is 6.18 Å². The Morgan fingerprint density at radius 1 is 0.824 bits per heavy atom. The Morgan fingerprint density at radius 3 is 2.18 bits per heavy atom. The molecule has 170 valence electrons. The second-order valence-electron chi connectivity index (χ2n) is 7.34. The zero-order chi connectivity index (χ0) is 24.0. The van der Waals surface area contributed by atoms with Crippen molar-refractivity contribution in [2.24, 2.45) is 0 Å². The average Bonchev–Trinajstić information content (AvgIpc) is 3.18. The van der Waals surface area contributed by atoms with Crippen LogP contribution in [0.1, 0.15) is 5.69 Å². The van der Waals surface area contributed by atoms with Crippen molar-refractivity contribution >= 4 is 40.4 Å². The van der Waals surface area contributed by atoms with Crippen molar-refractivity contribution in [3.8, 4) is 33.6 Å². The molecule has 0 saturated heterocycles. The van der Waals surface area contributed by atoms with Crippen molar-refractivity contribution in [3.05, 3.63) is 93.8 Å². The molecule has 0 amide bonds. The summed E-state index contributed by atoms with van der Waals surface area (Å²) in [5.41, 5.74) is 2.82. The van der Waals surface area contributed by atoms with Gasteiger partial charge in [-0.3, -0.25) is 4.98 Å². The number of alkyl halides is 3. The first-order valence-corrected chi connectivity index (χ1v) is 11.0. The predicted molar refractivity (Wildman–Crippen MR) is 127 cm³/mol. The summed E-state index contributed by atoms with van der Waals surface area (Å²) in [6.07, 6.45) is -3.42. The monoisotopic (exact) mass is 518 g/mol. The third kappa shape index (κ3) is 4.11. The maximum absolute atomic E-state index is 13.0. The molecular weight excluding hydrogens is 508 g/mol. The van der Waals surface area contributed by atoms with Gasteiger partial charge in [0.2, 0.25) is 0 Å². The molecule has 0 aliphatic heterocycles. The summed E-state index contributed by atoms with van der Waals surface area (Å²) in [6.45, 7) is 0. The summed E-state index contributed by atoms with van der Waals surface area (Å²) in [4.78, 5) is 8.05. The van der Waals surface area contributed by atoms with Gasteiger partial charge in [0.15, 0.2) is 5.65 Å². The van der Waals surface area contributed by atoms with E-state index in [1.165, 1.54) is 16.6 Å². The molecule has 2 aromatic carbocycles. The molecular formula is C24H12Cl3F3N4. The van der Waals surface area contributed by atoms with Gasteiger partial charge in [-0.15, -0.1) is 0 Å². The Morgan fingerprint density at radius 2 is 1.53 bits per heavy atom. The van der Waals surface area contributed by atoms with Crippen molar-refractivity contribution in [2.45, 2.75) is 6.18 Å². The molecule has 0 bridgehead atoms. The SMILES string of the molecule is FC(F)(F)c1ccc(-c2cc(Cl)nc3c(-c4ccc(Cl)cc4)c(-c4ccccc4Cl)nn23)cn1. The molecule has 0 spiro atoms. The number of halogens is 6. The van der Waals surface area contributed by atoms with Gasteiger partial charge in [0, 0.05) is 28.4 Å². The summed E-state index contributed by atoms with van der Waals surface area (Å²) in [5.74, 6) is 0. The minimum Gasteiger partial charge on any atom is -0.251 e. The summed E-state index contributed by atoms with van der Waals surface area (Å²) >= 11 is 18.9. The van der Waals surface area contributed by atoms with E-state index in [0.717, 1.165) is 17.8 Å². The largest absolute Gasteiger partial charge is 0.433 e. The molecule has 0 atom stereocenters. The van der Waals surface area contributed by atoms with Crippen LogP contribution < -0.4 is 0 Å². The molecule has 0 fully saturated rings. The van der Waals surface area contributed by atoms with E-state index in [2.05, 4.69) is 9.97 Å². The van der Waals surface area contributed by atoms with Gasteiger partial charge in [0.25, 0.3) is 0 Å². The first kappa shape index (κ1) is 22.7. The van der Waals surface area contributed by atoms with Crippen LogP contribution in [0.3, 0.4) is 0 Å². The first-order chi connectivity index (χ1) is 16.2. The van der Waals surface area contributed by atoms with Gasteiger partial charge in [-0.05, 0) is 35.9 Å². The van der Waals surface area contributed by atoms with Crippen LogP contribution in [0.25, 0.3) is 39.3 Å². The van der Waals surface area contributed by atoms with E-state index in [0.29, 0.717) is 43.8 Å². The normalized spacial score (nSPS) is 11.8. The molecule has 34 heavy (non-hydrogen) atoms. The van der Waals surface area contributed by atoms with Gasteiger partial charge in [-0.2, -0.15) is 18.3 Å². The number of rotatable bonds is 3. The van der Waals surface area contributed by atoms with Gasteiger partial charge in [-0.25, -0.2) is 9.50 Å². The summed E-state index contributed by atoms with van der Waals surface area (Å²) in [5, 5.41) is 5.94. The minimum absolute atomic E-state index is 0.142. The molecule has 5 aromatic rings. The zero-order valence-corrected chi connectivity index (χ0v) is 19.3. The fraction of sp³-hybridized carbons (Fsp3) is 0.0417. The van der Waals surface area contributed by atoms with Crippen molar-refractivity contribution in [1.29, 1.82) is 0 Å². The smallest absolute Gasteiger partial charge is 0.251 e. The van der Waals surface area contributed by atoms with Crippen LogP contribution in [0.15, 0.2) is 72.9 Å². The van der Waals surface area contributed by atoms with Crippen LogP contribution in [0.5, 0.6) is 0 Å². The quantitative estimate of drug-likeness (QED) is 0.226. The van der Waals surface area contributed by atoms with Crippen LogP contribution in [-0.2, 0) is 6.18 Å². The number of pyridine rings is 1. The van der Waals surface area contributed by atoms with E-state index in [9.17, 15) is 13.2 Å². The fourth-order valence-electron chi connectivity index (χ4n) is 3.63. The second-order valence-corrected chi connectivity index (χ2v) is 8.57. The Labute approximate surface area is 206 Å². The van der Waals surface area contributed by atoms with Crippen LogP contribution in [-0.4, -0.2) is 19.6 Å². The number of hydrogen-bond acceptors (Lipinski definition) is 3. The molecule has 0 unspecified atom stereocenters. The van der Waals surface area contributed by atoms with Crippen molar-refractivity contribution < 1.29 is 13.2 Å². The molecule has 4 nitrogen and oxygen atoms in total. The third-order valence-electron chi connectivity index (χ3n) is 5.17. The van der Waals surface area contributed by atoms with E-state index in [4.69, 9.17) is 39.9 Å². The van der Waals surface area contributed by atoms with E-state index in [1.54, 1.807) is 24.3 Å². The Bertz CT molecular complexity index is 1510. The molecule has 0 aliphatic rings. The summed E-state index contributed by atoms with van der Waals surface area (Å²) in [6, 6.07) is 18.1. The van der Waals surface area contributed by atoms with Crippen molar-refractivity contribution in [2.75, 3.05) is 0 Å². The molecule has 0 N–H and O–H groups in total. The van der Waals surface area contributed by atoms with E-state index in [-0.39, 0.29) is 5.15 Å². The topological polar surface area (TPSA) is 43.1 Å². The Kier molecular flexibility index (Phi) is 5.72. The molecule has 0 saturated carbocycles. The summed E-state index contributed by atoms with van der Waals surface area (Å²) < 4.78 is 40.5. The van der Waals surface area contributed by atoms with Gasteiger partial charge in [0.05, 0.1) is 16.3 Å². The number of nitrogens with zero attached hydrogens (tertiary/aromatic N) is 4. The number of aromatic nitrogens is 4. The van der Waals surface area contributed by atoms with E-state index < -0.39 is 11.9 Å². The Balaban J connectivity index is 1.81. The minimum atomic E-state index is -4.55. The highest BCUT2D eigenvalue weighted by atomic mass is 35.5.